The third-order valence-electron chi connectivity index (χ3n) is 5.47. The highest BCUT2D eigenvalue weighted by atomic mass is 32.2. The Kier molecular flexibility index (Phi) is 8.88. The number of fused-ring (bicyclic) bond motifs is 1. The van der Waals surface area contributed by atoms with Gasteiger partial charge in [-0.3, -0.25) is 9.10 Å². The van der Waals surface area contributed by atoms with E-state index in [0.717, 1.165) is 33.5 Å². The van der Waals surface area contributed by atoms with E-state index < -0.39 is 28.3 Å². The molecule has 0 saturated heterocycles. The molecule has 1 amide bonds. The summed E-state index contributed by atoms with van der Waals surface area (Å²) in [4.78, 5) is 12.6. The van der Waals surface area contributed by atoms with Gasteiger partial charge in [-0.25, -0.2) is 17.2 Å². The summed E-state index contributed by atoms with van der Waals surface area (Å²) in [6.07, 6.45) is 0.670. The fourth-order valence-corrected chi connectivity index (χ4v) is 5.95. The number of rotatable bonds is 11. The van der Waals surface area contributed by atoms with Gasteiger partial charge in [0.15, 0.2) is 11.5 Å². The number of hydrogen-bond acceptors (Lipinski definition) is 6. The van der Waals surface area contributed by atoms with E-state index in [1.807, 2.05) is 0 Å². The van der Waals surface area contributed by atoms with Crippen LogP contribution in [0.4, 0.5) is 14.5 Å². The Morgan fingerprint density at radius 1 is 0.919 bits per heavy atom. The molecule has 1 heterocycles. The first-order valence-electron chi connectivity index (χ1n) is 11.6. The summed E-state index contributed by atoms with van der Waals surface area (Å²) < 4.78 is 65.5. The molecule has 0 fully saturated rings. The first-order chi connectivity index (χ1) is 17.8. The molecule has 0 saturated carbocycles. The Balaban J connectivity index is 1.38. The van der Waals surface area contributed by atoms with Crippen molar-refractivity contribution in [2.75, 3.05) is 36.4 Å². The molecule has 196 valence electrons. The highest BCUT2D eigenvalue weighted by Gasteiger charge is 2.29. The van der Waals surface area contributed by atoms with E-state index in [9.17, 15) is 22.0 Å². The molecule has 11 heteroatoms. The monoisotopic (exact) mass is 548 g/mol. The maximum Gasteiger partial charge on any atom is 0.264 e. The molecular weight excluding hydrogens is 522 g/mol. The van der Waals surface area contributed by atoms with Crippen LogP contribution < -0.4 is 19.1 Å². The van der Waals surface area contributed by atoms with Crippen molar-refractivity contribution in [3.05, 3.63) is 83.9 Å². The van der Waals surface area contributed by atoms with Gasteiger partial charge in [-0.15, -0.1) is 0 Å². The average molecular weight is 549 g/mol. The van der Waals surface area contributed by atoms with E-state index in [2.05, 4.69) is 5.32 Å². The zero-order valence-electron chi connectivity index (χ0n) is 19.9. The number of anilines is 1. The molecule has 0 unspecified atom stereocenters. The highest BCUT2D eigenvalue weighted by molar-refractivity contribution is 7.98. The molecule has 0 aliphatic carbocycles. The van der Waals surface area contributed by atoms with E-state index in [1.54, 1.807) is 23.9 Å². The summed E-state index contributed by atoms with van der Waals surface area (Å²) >= 11 is 1.65. The molecule has 1 aliphatic heterocycles. The second kappa shape index (κ2) is 12.3. The van der Waals surface area contributed by atoms with Crippen LogP contribution in [0.1, 0.15) is 12.0 Å². The predicted octanol–water partition coefficient (Wildman–Crippen LogP) is 4.37. The lowest BCUT2D eigenvalue weighted by molar-refractivity contribution is -0.119. The summed E-state index contributed by atoms with van der Waals surface area (Å²) in [7, 11) is -4.18. The Bertz CT molecular complexity index is 1320. The second-order valence-electron chi connectivity index (χ2n) is 8.18. The second-order valence-corrected chi connectivity index (χ2v) is 11.1. The van der Waals surface area contributed by atoms with Crippen LogP contribution in [0, 0.1) is 11.6 Å². The summed E-state index contributed by atoms with van der Waals surface area (Å²) in [5.74, 6) is 0.927. The maximum absolute atomic E-state index is 13.5. The van der Waals surface area contributed by atoms with Crippen molar-refractivity contribution >= 4 is 33.4 Å². The number of sulfonamides is 1. The summed E-state index contributed by atoms with van der Waals surface area (Å²) in [6.45, 7) is 0.538. The van der Waals surface area contributed by atoms with Crippen molar-refractivity contribution in [1.82, 2.24) is 5.32 Å². The van der Waals surface area contributed by atoms with Crippen LogP contribution in [-0.2, 0) is 20.6 Å². The van der Waals surface area contributed by atoms with Gasteiger partial charge in [0.2, 0.25) is 5.91 Å². The minimum Gasteiger partial charge on any atom is -0.486 e. The minimum absolute atomic E-state index is 0.0777. The van der Waals surface area contributed by atoms with Gasteiger partial charge < -0.3 is 14.8 Å². The molecule has 4 rings (SSSR count). The lowest BCUT2D eigenvalue weighted by atomic mass is 10.2. The van der Waals surface area contributed by atoms with Gasteiger partial charge in [-0.1, -0.05) is 12.1 Å². The number of amides is 1. The smallest absolute Gasteiger partial charge is 0.264 e. The fourth-order valence-electron chi connectivity index (χ4n) is 3.59. The van der Waals surface area contributed by atoms with Crippen molar-refractivity contribution in [3.63, 3.8) is 0 Å². The summed E-state index contributed by atoms with van der Waals surface area (Å²) in [5, 5.41) is 2.75. The van der Waals surface area contributed by atoms with Crippen molar-refractivity contribution in [1.29, 1.82) is 0 Å². The largest absolute Gasteiger partial charge is 0.486 e. The Labute approximate surface area is 218 Å². The van der Waals surface area contributed by atoms with E-state index in [1.165, 1.54) is 42.5 Å². The molecule has 7 nitrogen and oxygen atoms in total. The standard InChI is InChI=1S/C26H26F2N2O5S2/c27-20-4-2-19(3-5-20)18-36-15-1-12-29-26(31)17-30(22-8-6-21(28)7-9-22)37(32,33)23-10-11-24-25(16-23)35-14-13-34-24/h2-11,16H,1,12-15,17-18H2,(H,29,31). The summed E-state index contributed by atoms with van der Waals surface area (Å²) in [5.41, 5.74) is 1.16. The van der Waals surface area contributed by atoms with Gasteiger partial charge in [-0.05, 0) is 66.3 Å². The molecule has 0 radical (unpaired) electrons. The number of halogens is 2. The van der Waals surface area contributed by atoms with Gasteiger partial charge in [0.05, 0.1) is 10.6 Å². The van der Waals surface area contributed by atoms with Crippen LogP contribution in [0.25, 0.3) is 0 Å². The number of benzene rings is 3. The zero-order valence-corrected chi connectivity index (χ0v) is 21.5. The van der Waals surface area contributed by atoms with Crippen LogP contribution in [0.3, 0.4) is 0 Å². The molecule has 0 atom stereocenters. The number of carbonyl (C=O) groups excluding carboxylic acids is 1. The number of nitrogens with zero attached hydrogens (tertiary/aromatic N) is 1. The van der Waals surface area contributed by atoms with E-state index in [0.29, 0.717) is 37.7 Å². The lowest BCUT2D eigenvalue weighted by Crippen LogP contribution is -2.41. The average Bonchev–Trinajstić information content (AvgIpc) is 2.90. The van der Waals surface area contributed by atoms with Crippen LogP contribution >= 0.6 is 11.8 Å². The molecule has 3 aromatic rings. The predicted molar refractivity (Wildman–Crippen MR) is 139 cm³/mol. The molecule has 1 N–H and O–H groups in total. The van der Waals surface area contributed by atoms with Crippen LogP contribution in [0.2, 0.25) is 0 Å². The van der Waals surface area contributed by atoms with Crippen LogP contribution in [0.15, 0.2) is 71.6 Å². The van der Waals surface area contributed by atoms with Crippen molar-refractivity contribution < 1.29 is 31.5 Å². The molecule has 1 aliphatic rings. The van der Waals surface area contributed by atoms with Crippen molar-refractivity contribution in [2.24, 2.45) is 0 Å². The third-order valence-corrected chi connectivity index (χ3v) is 8.36. The topological polar surface area (TPSA) is 84.9 Å². The van der Waals surface area contributed by atoms with E-state index in [-0.39, 0.29) is 16.4 Å². The maximum atomic E-state index is 13.5. The first kappa shape index (κ1) is 26.7. The highest BCUT2D eigenvalue weighted by Crippen LogP contribution is 2.34. The number of nitrogens with one attached hydrogen (secondary N) is 1. The molecule has 0 bridgehead atoms. The van der Waals surface area contributed by atoms with Crippen LogP contribution in [0.5, 0.6) is 11.5 Å². The zero-order chi connectivity index (χ0) is 26.3. The third kappa shape index (κ3) is 7.14. The number of ether oxygens (including phenoxy) is 2. The van der Waals surface area contributed by atoms with Gasteiger partial charge in [0, 0.05) is 18.4 Å². The quantitative estimate of drug-likeness (QED) is 0.358. The fraction of sp³-hybridized carbons (Fsp3) is 0.269. The van der Waals surface area contributed by atoms with E-state index >= 15 is 0 Å². The van der Waals surface area contributed by atoms with Gasteiger partial charge in [0.1, 0.15) is 31.4 Å². The van der Waals surface area contributed by atoms with Crippen molar-refractivity contribution in [2.45, 2.75) is 17.1 Å². The van der Waals surface area contributed by atoms with E-state index in [4.69, 9.17) is 9.47 Å². The Hall–Kier alpha value is -3.31. The molecule has 0 aromatic heterocycles. The van der Waals surface area contributed by atoms with Gasteiger partial charge >= 0.3 is 0 Å². The minimum atomic E-state index is -4.18. The van der Waals surface area contributed by atoms with Gasteiger partial charge in [-0.2, -0.15) is 11.8 Å². The normalized spacial score (nSPS) is 12.7. The van der Waals surface area contributed by atoms with Gasteiger partial charge in [0.25, 0.3) is 10.0 Å². The lowest BCUT2D eigenvalue weighted by Gasteiger charge is -2.25. The molecular formula is C26H26F2N2O5S2. The van der Waals surface area contributed by atoms with Crippen LogP contribution in [-0.4, -0.2) is 46.4 Å². The number of carbonyl (C=O) groups is 1. The number of thioether (sulfide) groups is 1. The molecule has 3 aromatic carbocycles. The molecule has 37 heavy (non-hydrogen) atoms. The Morgan fingerprint density at radius 2 is 1.57 bits per heavy atom. The summed E-state index contributed by atoms with van der Waals surface area (Å²) in [6, 6.07) is 15.4. The number of hydrogen-bond donors (Lipinski definition) is 1. The molecule has 0 spiro atoms. The Morgan fingerprint density at radius 3 is 2.27 bits per heavy atom. The SMILES string of the molecule is O=C(CN(c1ccc(F)cc1)S(=O)(=O)c1ccc2c(c1)OCCO2)NCCCSCc1ccc(F)cc1. The van der Waals surface area contributed by atoms with Crippen molar-refractivity contribution in [3.8, 4) is 11.5 Å². The first-order valence-corrected chi connectivity index (χ1v) is 14.2.